The molecule has 0 fully saturated rings. The number of pyridine rings is 1. The molecule has 0 bridgehead atoms. The fourth-order valence-electron chi connectivity index (χ4n) is 1.96. The molecule has 0 radical (unpaired) electrons. The van der Waals surface area contributed by atoms with Gasteiger partial charge in [0, 0.05) is 25.6 Å². The number of hydrogen-bond donors (Lipinski definition) is 2. The number of fused-ring (bicyclic) bond motifs is 1. The number of carbonyl (C=O) groups excluding carboxylic acids is 1. The first-order valence-corrected chi connectivity index (χ1v) is 6.86. The number of aryl methyl sites for hydroxylation is 1. The molecule has 6 heteroatoms. The average Bonchev–Trinajstić information content (AvgIpc) is 2.84. The quantitative estimate of drug-likeness (QED) is 0.738. The minimum atomic E-state index is 0.0668. The summed E-state index contributed by atoms with van der Waals surface area (Å²) < 4.78 is 0. The van der Waals surface area contributed by atoms with Crippen LogP contribution in [0.25, 0.3) is 11.2 Å². The van der Waals surface area contributed by atoms with Crippen molar-refractivity contribution in [2.75, 3.05) is 27.2 Å². The molecular weight excluding hydrogens is 254 g/mol. The second-order valence-electron chi connectivity index (χ2n) is 5.06. The standard InChI is InChI=1S/C14H21N5O/c1-19(2)10-4-9-15-13(20)7-6-12-17-11-5-3-8-16-14(11)18-12/h3,5,8H,4,6-7,9-10H2,1-2H3,(H,15,20)(H,16,17,18). The molecule has 0 saturated heterocycles. The number of amides is 1. The number of imidazole rings is 1. The van der Waals surface area contributed by atoms with Crippen molar-refractivity contribution in [3.05, 3.63) is 24.2 Å². The van der Waals surface area contributed by atoms with Gasteiger partial charge in [-0.2, -0.15) is 0 Å². The SMILES string of the molecule is CN(C)CCCNC(=O)CCc1nc2ncccc2[nH]1. The molecule has 2 aromatic rings. The smallest absolute Gasteiger partial charge is 0.220 e. The molecule has 0 saturated carbocycles. The van der Waals surface area contributed by atoms with E-state index < -0.39 is 0 Å². The first-order chi connectivity index (χ1) is 9.65. The summed E-state index contributed by atoms with van der Waals surface area (Å²) in [4.78, 5) is 25.5. The molecule has 0 aliphatic rings. The predicted molar refractivity (Wildman–Crippen MR) is 78.4 cm³/mol. The number of nitrogens with zero attached hydrogens (tertiary/aromatic N) is 3. The van der Waals surface area contributed by atoms with Gasteiger partial charge in [-0.25, -0.2) is 9.97 Å². The maximum Gasteiger partial charge on any atom is 0.220 e. The molecule has 2 N–H and O–H groups in total. The number of aromatic amines is 1. The van der Waals surface area contributed by atoms with Crippen LogP contribution < -0.4 is 5.32 Å². The van der Waals surface area contributed by atoms with Crippen LogP contribution in [0.5, 0.6) is 0 Å². The van der Waals surface area contributed by atoms with Gasteiger partial charge in [0.1, 0.15) is 5.82 Å². The molecule has 0 aliphatic heterocycles. The average molecular weight is 275 g/mol. The summed E-state index contributed by atoms with van der Waals surface area (Å²) in [6.45, 7) is 1.70. The van der Waals surface area contributed by atoms with Crippen molar-refractivity contribution in [1.29, 1.82) is 0 Å². The molecule has 2 rings (SSSR count). The zero-order valence-electron chi connectivity index (χ0n) is 12.0. The van der Waals surface area contributed by atoms with Gasteiger partial charge < -0.3 is 15.2 Å². The van der Waals surface area contributed by atoms with Crippen LogP contribution in [0, 0.1) is 0 Å². The molecule has 20 heavy (non-hydrogen) atoms. The third-order valence-corrected chi connectivity index (χ3v) is 3.00. The molecule has 0 spiro atoms. The fourth-order valence-corrected chi connectivity index (χ4v) is 1.96. The van der Waals surface area contributed by atoms with E-state index in [1.807, 2.05) is 26.2 Å². The zero-order chi connectivity index (χ0) is 14.4. The molecule has 0 aromatic carbocycles. The molecule has 6 nitrogen and oxygen atoms in total. The van der Waals surface area contributed by atoms with Crippen molar-refractivity contribution in [2.24, 2.45) is 0 Å². The Morgan fingerprint density at radius 1 is 1.45 bits per heavy atom. The Morgan fingerprint density at radius 3 is 3.05 bits per heavy atom. The lowest BCUT2D eigenvalue weighted by Crippen LogP contribution is -2.27. The molecule has 108 valence electrons. The van der Waals surface area contributed by atoms with E-state index in [0.717, 1.165) is 30.9 Å². The minimum Gasteiger partial charge on any atom is -0.356 e. The summed E-state index contributed by atoms with van der Waals surface area (Å²) in [6.07, 6.45) is 3.73. The Morgan fingerprint density at radius 2 is 2.30 bits per heavy atom. The van der Waals surface area contributed by atoms with Gasteiger partial charge in [0.2, 0.25) is 5.91 Å². The van der Waals surface area contributed by atoms with Gasteiger partial charge in [-0.05, 0) is 39.2 Å². The Labute approximate surface area is 118 Å². The maximum absolute atomic E-state index is 11.7. The van der Waals surface area contributed by atoms with Crippen LogP contribution in [-0.2, 0) is 11.2 Å². The Balaban J connectivity index is 1.73. The third kappa shape index (κ3) is 4.31. The Hall–Kier alpha value is -1.95. The molecule has 1 amide bonds. The minimum absolute atomic E-state index is 0.0668. The monoisotopic (exact) mass is 275 g/mol. The lowest BCUT2D eigenvalue weighted by atomic mass is 10.3. The normalized spacial score (nSPS) is 11.2. The van der Waals surface area contributed by atoms with Crippen molar-refractivity contribution in [2.45, 2.75) is 19.3 Å². The van der Waals surface area contributed by atoms with Crippen LogP contribution in [0.3, 0.4) is 0 Å². The maximum atomic E-state index is 11.7. The zero-order valence-corrected chi connectivity index (χ0v) is 12.0. The number of nitrogens with one attached hydrogen (secondary N) is 2. The highest BCUT2D eigenvalue weighted by molar-refractivity contribution is 5.76. The molecule has 2 heterocycles. The molecular formula is C14H21N5O. The summed E-state index contributed by atoms with van der Waals surface area (Å²) in [7, 11) is 4.05. The number of carbonyl (C=O) groups is 1. The van der Waals surface area contributed by atoms with Crippen molar-refractivity contribution in [1.82, 2.24) is 25.2 Å². The van der Waals surface area contributed by atoms with E-state index in [-0.39, 0.29) is 5.91 Å². The van der Waals surface area contributed by atoms with E-state index in [0.29, 0.717) is 18.5 Å². The Kier molecular flexibility index (Phi) is 5.06. The van der Waals surface area contributed by atoms with E-state index >= 15 is 0 Å². The van der Waals surface area contributed by atoms with Crippen LogP contribution in [-0.4, -0.2) is 52.9 Å². The lowest BCUT2D eigenvalue weighted by Gasteiger charge is -2.09. The van der Waals surface area contributed by atoms with Gasteiger partial charge in [0.05, 0.1) is 5.52 Å². The van der Waals surface area contributed by atoms with Gasteiger partial charge in [0.15, 0.2) is 5.65 Å². The van der Waals surface area contributed by atoms with E-state index in [9.17, 15) is 4.79 Å². The first-order valence-electron chi connectivity index (χ1n) is 6.86. The van der Waals surface area contributed by atoms with Crippen LogP contribution in [0.1, 0.15) is 18.7 Å². The second kappa shape index (κ2) is 7.00. The van der Waals surface area contributed by atoms with Crippen molar-refractivity contribution in [3.63, 3.8) is 0 Å². The van der Waals surface area contributed by atoms with Gasteiger partial charge >= 0.3 is 0 Å². The fraction of sp³-hybridized carbons (Fsp3) is 0.500. The van der Waals surface area contributed by atoms with Gasteiger partial charge in [0.25, 0.3) is 0 Å². The number of rotatable bonds is 7. The molecule has 0 aliphatic carbocycles. The topological polar surface area (TPSA) is 73.9 Å². The van der Waals surface area contributed by atoms with E-state index in [1.54, 1.807) is 6.20 Å². The summed E-state index contributed by atoms with van der Waals surface area (Å²) >= 11 is 0. The summed E-state index contributed by atoms with van der Waals surface area (Å²) in [6, 6.07) is 3.79. The van der Waals surface area contributed by atoms with Crippen molar-refractivity contribution < 1.29 is 4.79 Å². The summed E-state index contributed by atoms with van der Waals surface area (Å²) in [5, 5.41) is 2.92. The van der Waals surface area contributed by atoms with Crippen molar-refractivity contribution in [3.8, 4) is 0 Å². The van der Waals surface area contributed by atoms with Gasteiger partial charge in [-0.3, -0.25) is 4.79 Å². The third-order valence-electron chi connectivity index (χ3n) is 3.00. The number of hydrogen-bond acceptors (Lipinski definition) is 4. The van der Waals surface area contributed by atoms with E-state index in [4.69, 9.17) is 0 Å². The van der Waals surface area contributed by atoms with Crippen LogP contribution >= 0.6 is 0 Å². The largest absolute Gasteiger partial charge is 0.356 e. The van der Waals surface area contributed by atoms with Gasteiger partial charge in [-0.1, -0.05) is 0 Å². The van der Waals surface area contributed by atoms with Crippen LogP contribution in [0.15, 0.2) is 18.3 Å². The highest BCUT2D eigenvalue weighted by atomic mass is 16.1. The van der Waals surface area contributed by atoms with Gasteiger partial charge in [-0.15, -0.1) is 0 Å². The predicted octanol–water partition coefficient (Wildman–Crippen LogP) is 0.958. The Bertz CT molecular complexity index is 530. The second-order valence-corrected chi connectivity index (χ2v) is 5.06. The summed E-state index contributed by atoms with van der Waals surface area (Å²) in [5.74, 6) is 0.874. The molecule has 0 atom stereocenters. The highest BCUT2D eigenvalue weighted by Gasteiger charge is 2.06. The van der Waals surface area contributed by atoms with E-state index in [2.05, 4.69) is 25.2 Å². The van der Waals surface area contributed by atoms with Crippen LogP contribution in [0.2, 0.25) is 0 Å². The highest BCUT2D eigenvalue weighted by Crippen LogP contribution is 2.08. The molecule has 2 aromatic heterocycles. The van der Waals surface area contributed by atoms with Crippen molar-refractivity contribution >= 4 is 17.1 Å². The molecule has 0 unspecified atom stereocenters. The number of aromatic nitrogens is 3. The van der Waals surface area contributed by atoms with Crippen LogP contribution in [0.4, 0.5) is 0 Å². The summed E-state index contributed by atoms with van der Waals surface area (Å²) in [5.41, 5.74) is 1.61. The van der Waals surface area contributed by atoms with E-state index in [1.165, 1.54) is 0 Å². The lowest BCUT2D eigenvalue weighted by molar-refractivity contribution is -0.121. The number of H-pyrrole nitrogens is 1. The first kappa shape index (κ1) is 14.5.